The van der Waals surface area contributed by atoms with E-state index in [-0.39, 0.29) is 5.25 Å². The first-order chi connectivity index (χ1) is 7.04. The molecule has 0 bridgehead atoms. The Hall–Kier alpha value is -0.970. The molecule has 0 amide bonds. The van der Waals surface area contributed by atoms with Crippen molar-refractivity contribution in [2.45, 2.75) is 38.3 Å². The summed E-state index contributed by atoms with van der Waals surface area (Å²) < 4.78 is 1.91. The number of aromatic nitrogens is 2. The molecule has 0 aromatic carbocycles. The zero-order valence-electron chi connectivity index (χ0n) is 9.23. The van der Waals surface area contributed by atoms with Gasteiger partial charge in [0.15, 0.2) is 0 Å². The standard InChI is InChI=1S/C10H16N2O2S/c1-4-12-9(5-7(2)11-12)6-15-8(3)10(13)14/h5,8H,4,6H2,1-3H3,(H,13,14). The van der Waals surface area contributed by atoms with Crippen LogP contribution in [0.4, 0.5) is 0 Å². The van der Waals surface area contributed by atoms with Gasteiger partial charge < -0.3 is 5.11 Å². The molecule has 5 heteroatoms. The summed E-state index contributed by atoms with van der Waals surface area (Å²) in [6.45, 7) is 6.50. The summed E-state index contributed by atoms with van der Waals surface area (Å²) in [6.07, 6.45) is 0. The number of rotatable bonds is 5. The molecular formula is C10H16N2O2S. The van der Waals surface area contributed by atoms with Crippen LogP contribution in [-0.2, 0) is 17.1 Å². The van der Waals surface area contributed by atoms with Crippen molar-refractivity contribution in [1.82, 2.24) is 9.78 Å². The Morgan fingerprint density at radius 1 is 1.73 bits per heavy atom. The van der Waals surface area contributed by atoms with Crippen LogP contribution in [-0.4, -0.2) is 26.1 Å². The minimum absolute atomic E-state index is 0.370. The maximum atomic E-state index is 10.6. The lowest BCUT2D eigenvalue weighted by Gasteiger charge is -2.07. The highest BCUT2D eigenvalue weighted by atomic mass is 32.2. The van der Waals surface area contributed by atoms with E-state index in [0.29, 0.717) is 5.75 Å². The van der Waals surface area contributed by atoms with Crippen LogP contribution in [0.2, 0.25) is 0 Å². The van der Waals surface area contributed by atoms with Crippen LogP contribution in [0.25, 0.3) is 0 Å². The van der Waals surface area contributed by atoms with Crippen molar-refractivity contribution < 1.29 is 9.90 Å². The predicted molar refractivity (Wildman–Crippen MR) is 61.0 cm³/mol. The van der Waals surface area contributed by atoms with E-state index in [9.17, 15) is 4.79 Å². The van der Waals surface area contributed by atoms with Gasteiger partial charge in [-0.3, -0.25) is 9.48 Å². The highest BCUT2D eigenvalue weighted by molar-refractivity contribution is 7.99. The molecule has 1 atom stereocenters. The number of hydrogen-bond acceptors (Lipinski definition) is 3. The van der Waals surface area contributed by atoms with Crippen LogP contribution in [0.1, 0.15) is 25.2 Å². The minimum Gasteiger partial charge on any atom is -0.480 e. The Kier molecular flexibility index (Phi) is 4.20. The van der Waals surface area contributed by atoms with E-state index in [0.717, 1.165) is 17.9 Å². The number of nitrogens with zero attached hydrogens (tertiary/aromatic N) is 2. The van der Waals surface area contributed by atoms with E-state index >= 15 is 0 Å². The minimum atomic E-state index is -0.765. The summed E-state index contributed by atoms with van der Waals surface area (Å²) in [5, 5.41) is 12.7. The highest BCUT2D eigenvalue weighted by Crippen LogP contribution is 2.18. The zero-order valence-corrected chi connectivity index (χ0v) is 10.0. The molecule has 1 aromatic heterocycles. The zero-order chi connectivity index (χ0) is 11.4. The second-order valence-electron chi connectivity index (χ2n) is 3.38. The molecule has 15 heavy (non-hydrogen) atoms. The third-order valence-electron chi connectivity index (χ3n) is 2.11. The van der Waals surface area contributed by atoms with Gasteiger partial charge in [-0.2, -0.15) is 5.10 Å². The monoisotopic (exact) mass is 228 g/mol. The van der Waals surface area contributed by atoms with Gasteiger partial charge in [-0.1, -0.05) is 0 Å². The highest BCUT2D eigenvalue weighted by Gasteiger charge is 2.13. The summed E-state index contributed by atoms with van der Waals surface area (Å²) in [6, 6.07) is 2.01. The summed E-state index contributed by atoms with van der Waals surface area (Å²) in [5.74, 6) is -0.0680. The Bertz CT molecular complexity index is 349. The number of aliphatic carboxylic acids is 1. The van der Waals surface area contributed by atoms with Gasteiger partial charge in [0, 0.05) is 18.0 Å². The lowest BCUT2D eigenvalue weighted by Crippen LogP contribution is -2.12. The third kappa shape index (κ3) is 3.27. The second kappa shape index (κ2) is 5.21. The topological polar surface area (TPSA) is 55.1 Å². The molecule has 1 unspecified atom stereocenters. The van der Waals surface area contributed by atoms with Gasteiger partial charge >= 0.3 is 5.97 Å². The molecule has 1 rings (SSSR count). The Labute approximate surface area is 93.7 Å². The molecule has 0 aliphatic heterocycles. The van der Waals surface area contributed by atoms with Gasteiger partial charge in [0.25, 0.3) is 0 Å². The normalized spacial score (nSPS) is 12.7. The molecule has 0 aliphatic rings. The molecule has 0 radical (unpaired) electrons. The van der Waals surface area contributed by atoms with Crippen LogP contribution >= 0.6 is 11.8 Å². The molecule has 0 aliphatic carbocycles. The molecule has 84 valence electrons. The van der Waals surface area contributed by atoms with Gasteiger partial charge in [-0.25, -0.2) is 0 Å². The molecule has 0 saturated heterocycles. The van der Waals surface area contributed by atoms with E-state index in [1.54, 1.807) is 6.92 Å². The van der Waals surface area contributed by atoms with E-state index in [2.05, 4.69) is 5.10 Å². The Balaban J connectivity index is 2.60. The van der Waals surface area contributed by atoms with Crippen molar-refractivity contribution in [3.8, 4) is 0 Å². The number of hydrogen-bond donors (Lipinski definition) is 1. The van der Waals surface area contributed by atoms with Crippen LogP contribution in [0.15, 0.2) is 6.07 Å². The molecule has 0 spiro atoms. The van der Waals surface area contributed by atoms with Gasteiger partial charge in [0.05, 0.1) is 10.9 Å². The van der Waals surface area contributed by atoms with Crippen molar-refractivity contribution in [2.75, 3.05) is 0 Å². The smallest absolute Gasteiger partial charge is 0.316 e. The van der Waals surface area contributed by atoms with Crippen LogP contribution in [0.3, 0.4) is 0 Å². The number of aryl methyl sites for hydroxylation is 2. The molecular weight excluding hydrogens is 212 g/mol. The first kappa shape index (κ1) is 12.1. The first-order valence-corrected chi connectivity index (χ1v) is 5.97. The predicted octanol–water partition coefficient (Wildman–Crippen LogP) is 1.92. The molecule has 1 heterocycles. The third-order valence-corrected chi connectivity index (χ3v) is 3.28. The lowest BCUT2D eigenvalue weighted by molar-refractivity contribution is -0.136. The fourth-order valence-electron chi connectivity index (χ4n) is 1.27. The molecule has 0 saturated carbocycles. The summed E-state index contributed by atoms with van der Waals surface area (Å²) in [7, 11) is 0. The average molecular weight is 228 g/mol. The van der Waals surface area contributed by atoms with Crippen molar-refractivity contribution >= 4 is 17.7 Å². The SMILES string of the molecule is CCn1nc(C)cc1CSC(C)C(=O)O. The fraction of sp³-hybridized carbons (Fsp3) is 0.600. The van der Waals surface area contributed by atoms with E-state index in [1.165, 1.54) is 11.8 Å². The second-order valence-corrected chi connectivity index (χ2v) is 4.71. The largest absolute Gasteiger partial charge is 0.480 e. The molecule has 1 N–H and O–H groups in total. The number of carbonyl (C=O) groups is 1. The molecule has 0 fully saturated rings. The van der Waals surface area contributed by atoms with Gasteiger partial charge in [0.1, 0.15) is 0 Å². The lowest BCUT2D eigenvalue weighted by atomic mass is 10.4. The van der Waals surface area contributed by atoms with Crippen LogP contribution < -0.4 is 0 Å². The Morgan fingerprint density at radius 3 is 2.93 bits per heavy atom. The fourth-order valence-corrected chi connectivity index (χ4v) is 2.07. The average Bonchev–Trinajstić information content (AvgIpc) is 2.55. The Morgan fingerprint density at radius 2 is 2.40 bits per heavy atom. The van der Waals surface area contributed by atoms with Gasteiger partial charge in [-0.05, 0) is 26.8 Å². The van der Waals surface area contributed by atoms with Crippen LogP contribution in [0, 0.1) is 6.92 Å². The maximum absolute atomic E-state index is 10.6. The maximum Gasteiger partial charge on any atom is 0.316 e. The van der Waals surface area contributed by atoms with Crippen molar-refractivity contribution in [1.29, 1.82) is 0 Å². The summed E-state index contributed by atoms with van der Waals surface area (Å²) in [5.41, 5.74) is 2.07. The number of thioether (sulfide) groups is 1. The quantitative estimate of drug-likeness (QED) is 0.836. The molecule has 1 aromatic rings. The van der Waals surface area contributed by atoms with Gasteiger partial charge in [-0.15, -0.1) is 11.8 Å². The van der Waals surface area contributed by atoms with Gasteiger partial charge in [0.2, 0.25) is 0 Å². The summed E-state index contributed by atoms with van der Waals surface area (Å²) in [4.78, 5) is 10.6. The van der Waals surface area contributed by atoms with E-state index in [1.807, 2.05) is 24.6 Å². The van der Waals surface area contributed by atoms with E-state index < -0.39 is 5.97 Å². The first-order valence-electron chi connectivity index (χ1n) is 4.92. The number of carboxylic acid groups (broad SMARTS) is 1. The van der Waals surface area contributed by atoms with Crippen molar-refractivity contribution in [3.05, 3.63) is 17.5 Å². The molecule has 4 nitrogen and oxygen atoms in total. The summed E-state index contributed by atoms with van der Waals surface area (Å²) >= 11 is 1.42. The van der Waals surface area contributed by atoms with Crippen molar-refractivity contribution in [2.24, 2.45) is 0 Å². The van der Waals surface area contributed by atoms with Crippen LogP contribution in [0.5, 0.6) is 0 Å². The number of carboxylic acids is 1. The van der Waals surface area contributed by atoms with E-state index in [4.69, 9.17) is 5.11 Å². The van der Waals surface area contributed by atoms with Crippen molar-refractivity contribution in [3.63, 3.8) is 0 Å².